The molecule has 3 nitrogen and oxygen atoms in total. The van der Waals surface area contributed by atoms with Gasteiger partial charge < -0.3 is 11.1 Å². The molecule has 3 N–H and O–H groups in total. The third-order valence-corrected chi connectivity index (χ3v) is 3.83. The molecule has 2 saturated carbocycles. The van der Waals surface area contributed by atoms with Crippen molar-refractivity contribution >= 4 is 35.6 Å². The number of rotatable bonds is 2. The number of nitrogens with one attached hydrogen (secondary N) is 1. The summed E-state index contributed by atoms with van der Waals surface area (Å²) in [5, 5.41) is 3.19. The van der Waals surface area contributed by atoms with Gasteiger partial charge in [-0.05, 0) is 61.8 Å². The first-order valence-electron chi connectivity index (χ1n) is 6.26. The Bertz CT molecular complexity index is 472. The maximum atomic E-state index is 5.93. The summed E-state index contributed by atoms with van der Waals surface area (Å²) in [5.41, 5.74) is 10.0. The van der Waals surface area contributed by atoms with E-state index in [0.717, 1.165) is 5.69 Å². The Morgan fingerprint density at radius 2 is 1.89 bits per heavy atom. The number of halogens is 1. The number of nitrogens with two attached hydrogens (primary N) is 1. The van der Waals surface area contributed by atoms with Gasteiger partial charge in [-0.25, -0.2) is 4.99 Å². The summed E-state index contributed by atoms with van der Waals surface area (Å²) in [4.78, 5) is 4.54. The number of aryl methyl sites for hydroxylation is 2. The highest BCUT2D eigenvalue weighted by Crippen LogP contribution is 2.67. The molecule has 0 aromatic heterocycles. The van der Waals surface area contributed by atoms with E-state index in [-0.39, 0.29) is 24.0 Å². The first-order chi connectivity index (χ1) is 8.07. The molecular weight excluding hydrogens is 337 g/mol. The first-order valence-corrected chi connectivity index (χ1v) is 6.26. The molecule has 2 fully saturated rings. The highest BCUT2D eigenvalue weighted by molar-refractivity contribution is 14.0. The average molecular weight is 357 g/mol. The average Bonchev–Trinajstić information content (AvgIpc) is 3.07. The molecule has 4 heteroatoms. The number of aliphatic imine (C=N–C) groups is 1. The van der Waals surface area contributed by atoms with Crippen LogP contribution in [0.5, 0.6) is 0 Å². The molecule has 2 aliphatic carbocycles. The quantitative estimate of drug-likeness (QED) is 0.485. The van der Waals surface area contributed by atoms with Crippen molar-refractivity contribution in [1.29, 1.82) is 0 Å². The summed E-state index contributed by atoms with van der Waals surface area (Å²) in [5.74, 6) is 0.559. The Morgan fingerprint density at radius 3 is 2.39 bits per heavy atom. The van der Waals surface area contributed by atoms with Crippen LogP contribution >= 0.6 is 24.0 Å². The molecule has 0 bridgehead atoms. The first kappa shape index (κ1) is 13.6. The van der Waals surface area contributed by atoms with Crippen LogP contribution in [0.15, 0.2) is 23.2 Å². The number of benzene rings is 1. The molecule has 0 aliphatic heterocycles. The molecule has 2 aliphatic rings. The van der Waals surface area contributed by atoms with Gasteiger partial charge >= 0.3 is 0 Å². The minimum atomic E-state index is 0. The highest BCUT2D eigenvalue weighted by Gasteiger charge is 2.63. The van der Waals surface area contributed by atoms with Crippen LogP contribution < -0.4 is 11.1 Å². The topological polar surface area (TPSA) is 50.4 Å². The summed E-state index contributed by atoms with van der Waals surface area (Å²) < 4.78 is 0. The number of anilines is 1. The maximum Gasteiger partial charge on any atom is 0.193 e. The van der Waals surface area contributed by atoms with Crippen molar-refractivity contribution in [3.05, 3.63) is 29.3 Å². The zero-order chi connectivity index (χ0) is 12.0. The minimum absolute atomic E-state index is 0. The Hall–Kier alpha value is -0.780. The zero-order valence-electron chi connectivity index (χ0n) is 10.9. The summed E-state index contributed by atoms with van der Waals surface area (Å²) in [6.07, 6.45) is 3.93. The van der Waals surface area contributed by atoms with E-state index in [2.05, 4.69) is 42.4 Å². The van der Waals surface area contributed by atoms with Crippen LogP contribution in [0.4, 0.5) is 5.69 Å². The molecule has 1 aromatic rings. The van der Waals surface area contributed by atoms with Gasteiger partial charge in [0.25, 0.3) is 0 Å². The van der Waals surface area contributed by atoms with E-state index >= 15 is 0 Å². The van der Waals surface area contributed by atoms with Gasteiger partial charge in [0.1, 0.15) is 0 Å². The van der Waals surface area contributed by atoms with Gasteiger partial charge in [-0.15, -0.1) is 24.0 Å². The predicted octanol–water partition coefficient (Wildman–Crippen LogP) is 3.20. The van der Waals surface area contributed by atoms with Gasteiger partial charge in [-0.3, -0.25) is 0 Å². The van der Waals surface area contributed by atoms with Crippen molar-refractivity contribution in [1.82, 2.24) is 0 Å². The Balaban J connectivity index is 0.00000120. The predicted molar refractivity (Wildman–Crippen MR) is 86.6 cm³/mol. The molecule has 1 aromatic carbocycles. The standard InChI is InChI=1S/C14H19N3.HI/c1-9-5-10(2)7-11(6-9)16-13(15)17-12-8-14(12)3-4-14;/h5-7,12H,3-4,8H2,1-2H3,(H3,15,16,17);1H. The molecule has 0 radical (unpaired) electrons. The van der Waals surface area contributed by atoms with Gasteiger partial charge in [0.05, 0.1) is 6.04 Å². The van der Waals surface area contributed by atoms with Crippen LogP contribution in [-0.2, 0) is 0 Å². The smallest absolute Gasteiger partial charge is 0.193 e. The number of hydrogen-bond donors (Lipinski definition) is 2. The van der Waals surface area contributed by atoms with Crippen molar-refractivity contribution in [2.24, 2.45) is 16.1 Å². The summed E-state index contributed by atoms with van der Waals surface area (Å²) in [6, 6.07) is 6.82. The molecule has 1 spiro atoms. The maximum absolute atomic E-state index is 5.93. The van der Waals surface area contributed by atoms with Crippen molar-refractivity contribution in [3.63, 3.8) is 0 Å². The lowest BCUT2D eigenvalue weighted by Gasteiger charge is -2.07. The molecule has 1 unspecified atom stereocenters. The van der Waals surface area contributed by atoms with Crippen LogP contribution in [0.2, 0.25) is 0 Å². The fourth-order valence-corrected chi connectivity index (χ4v) is 2.60. The van der Waals surface area contributed by atoms with Gasteiger partial charge in [0, 0.05) is 5.69 Å². The molecule has 18 heavy (non-hydrogen) atoms. The fraction of sp³-hybridized carbons (Fsp3) is 0.500. The van der Waals surface area contributed by atoms with Crippen LogP contribution in [0, 0.1) is 19.3 Å². The van der Waals surface area contributed by atoms with E-state index in [0.29, 0.717) is 17.4 Å². The number of nitrogens with zero attached hydrogens (tertiary/aromatic N) is 1. The monoisotopic (exact) mass is 357 g/mol. The van der Waals surface area contributed by atoms with Gasteiger partial charge in [0.15, 0.2) is 5.96 Å². The van der Waals surface area contributed by atoms with Gasteiger partial charge in [-0.1, -0.05) is 6.07 Å². The second-order valence-corrected chi connectivity index (χ2v) is 5.60. The van der Waals surface area contributed by atoms with E-state index in [1.807, 2.05) is 0 Å². The summed E-state index contributed by atoms with van der Waals surface area (Å²) in [6.45, 7) is 4.18. The van der Waals surface area contributed by atoms with Crippen molar-refractivity contribution in [2.75, 3.05) is 5.32 Å². The second-order valence-electron chi connectivity index (χ2n) is 5.60. The number of guanidine groups is 1. The molecule has 0 amide bonds. The molecule has 98 valence electrons. The molecule has 0 heterocycles. The van der Waals surface area contributed by atoms with Crippen molar-refractivity contribution in [2.45, 2.75) is 39.2 Å². The van der Waals surface area contributed by atoms with E-state index in [1.165, 1.54) is 30.4 Å². The van der Waals surface area contributed by atoms with E-state index < -0.39 is 0 Å². The normalized spacial score (nSPS) is 23.4. The van der Waals surface area contributed by atoms with Crippen molar-refractivity contribution in [3.8, 4) is 0 Å². The summed E-state index contributed by atoms with van der Waals surface area (Å²) >= 11 is 0. The van der Waals surface area contributed by atoms with Crippen LogP contribution in [0.25, 0.3) is 0 Å². The molecule has 0 saturated heterocycles. The minimum Gasteiger partial charge on any atom is -0.370 e. The lowest BCUT2D eigenvalue weighted by molar-refractivity contribution is 0.825. The fourth-order valence-electron chi connectivity index (χ4n) is 2.60. The van der Waals surface area contributed by atoms with E-state index in [1.54, 1.807) is 0 Å². The van der Waals surface area contributed by atoms with E-state index in [9.17, 15) is 0 Å². The molecule has 1 atom stereocenters. The van der Waals surface area contributed by atoms with Crippen LogP contribution in [-0.4, -0.2) is 12.0 Å². The van der Waals surface area contributed by atoms with Gasteiger partial charge in [0.2, 0.25) is 0 Å². The number of hydrogen-bond acceptors (Lipinski definition) is 1. The lowest BCUT2D eigenvalue weighted by atomic mass is 10.1. The second kappa shape index (κ2) is 4.72. The molecule has 3 rings (SSSR count). The Labute approximate surface area is 125 Å². The summed E-state index contributed by atoms with van der Waals surface area (Å²) in [7, 11) is 0. The lowest BCUT2D eigenvalue weighted by Crippen LogP contribution is -2.23. The third-order valence-electron chi connectivity index (χ3n) is 3.83. The van der Waals surface area contributed by atoms with E-state index in [4.69, 9.17) is 5.73 Å². The largest absolute Gasteiger partial charge is 0.370 e. The van der Waals surface area contributed by atoms with Crippen LogP contribution in [0.3, 0.4) is 0 Å². The van der Waals surface area contributed by atoms with Gasteiger partial charge in [-0.2, -0.15) is 0 Å². The zero-order valence-corrected chi connectivity index (χ0v) is 13.2. The Kier molecular flexibility index (Phi) is 3.58. The molecular formula is C14H20IN3. The highest BCUT2D eigenvalue weighted by atomic mass is 127. The Morgan fingerprint density at radius 1 is 1.28 bits per heavy atom. The van der Waals surface area contributed by atoms with Crippen LogP contribution in [0.1, 0.15) is 30.4 Å². The SMILES string of the molecule is Cc1cc(C)cc(NC(N)=NC2CC23CC3)c1.I. The third kappa shape index (κ3) is 2.79. The van der Waals surface area contributed by atoms with Crippen molar-refractivity contribution < 1.29 is 0 Å².